The first-order valence-corrected chi connectivity index (χ1v) is 5.78. The largest absolute Gasteiger partial charge is 0.298 e. The van der Waals surface area contributed by atoms with Gasteiger partial charge in [0, 0.05) is 16.5 Å². The first-order chi connectivity index (χ1) is 8.86. The fraction of sp³-hybridized carbons (Fsp3) is 0. The number of benzene rings is 2. The lowest BCUT2D eigenvalue weighted by molar-refractivity contribution is 0.112. The van der Waals surface area contributed by atoms with E-state index in [4.69, 9.17) is 0 Å². The molecule has 0 aliphatic rings. The number of hydrogen-bond donors (Lipinski definition) is 0. The topological polar surface area (TPSA) is 30.0 Å². The zero-order valence-corrected chi connectivity index (χ0v) is 9.71. The van der Waals surface area contributed by atoms with Crippen LogP contribution in [0.4, 0.5) is 0 Å². The highest BCUT2D eigenvalue weighted by molar-refractivity contribution is 5.82. The first-order valence-electron chi connectivity index (χ1n) is 5.78. The molecule has 3 rings (SSSR count). The third-order valence-corrected chi connectivity index (χ3v) is 2.94. The third kappa shape index (κ3) is 1.89. The van der Waals surface area contributed by atoms with Crippen LogP contribution >= 0.6 is 0 Å². The van der Waals surface area contributed by atoms with Gasteiger partial charge in [0.25, 0.3) is 0 Å². The van der Waals surface area contributed by atoms with Crippen molar-refractivity contribution in [2.75, 3.05) is 0 Å². The van der Waals surface area contributed by atoms with Gasteiger partial charge in [0.15, 0.2) is 0 Å². The summed E-state index contributed by atoms with van der Waals surface area (Å²) in [5, 5.41) is 1.13. The fourth-order valence-corrected chi connectivity index (χ4v) is 1.96. The maximum Gasteiger partial charge on any atom is 0.150 e. The zero-order chi connectivity index (χ0) is 12.4. The molecule has 0 aliphatic heterocycles. The lowest BCUT2D eigenvalue weighted by Crippen LogP contribution is -1.86. The molecule has 2 nitrogen and oxygen atoms in total. The van der Waals surface area contributed by atoms with Gasteiger partial charge in [-0.05, 0) is 12.1 Å². The van der Waals surface area contributed by atoms with Crippen LogP contribution in [-0.4, -0.2) is 11.3 Å². The molecular weight excluding hydrogens is 222 g/mol. The number of aromatic nitrogens is 1. The van der Waals surface area contributed by atoms with Crippen molar-refractivity contribution in [3.63, 3.8) is 0 Å². The van der Waals surface area contributed by atoms with E-state index in [2.05, 4.69) is 11.1 Å². The predicted molar refractivity (Wildman–Crippen MR) is 72.6 cm³/mol. The third-order valence-electron chi connectivity index (χ3n) is 2.94. The van der Waals surface area contributed by atoms with Gasteiger partial charge in [-0.1, -0.05) is 48.5 Å². The van der Waals surface area contributed by atoms with Crippen molar-refractivity contribution < 1.29 is 4.79 Å². The number of rotatable bonds is 2. The Morgan fingerprint density at radius 1 is 0.833 bits per heavy atom. The molecule has 1 heterocycles. The van der Waals surface area contributed by atoms with Crippen LogP contribution in [-0.2, 0) is 0 Å². The number of aldehydes is 1. The molecule has 0 atom stereocenters. The minimum Gasteiger partial charge on any atom is -0.298 e. The van der Waals surface area contributed by atoms with Crippen molar-refractivity contribution in [1.29, 1.82) is 0 Å². The quantitative estimate of drug-likeness (QED) is 0.631. The summed E-state index contributed by atoms with van der Waals surface area (Å²) in [7, 11) is 0. The van der Waals surface area contributed by atoms with E-state index in [1.807, 2.05) is 42.5 Å². The molecule has 0 bridgehead atoms. The fourth-order valence-electron chi connectivity index (χ4n) is 1.96. The molecule has 2 heteroatoms. The number of nitrogens with zero attached hydrogens (tertiary/aromatic N) is 1. The molecule has 86 valence electrons. The normalized spacial score (nSPS) is 10.4. The molecule has 2 aromatic carbocycles. The average Bonchev–Trinajstić information content (AvgIpc) is 2.47. The Morgan fingerprint density at radius 3 is 2.39 bits per heavy atom. The van der Waals surface area contributed by atoms with Gasteiger partial charge in [0.05, 0.1) is 11.2 Å². The van der Waals surface area contributed by atoms with Gasteiger partial charge in [0.1, 0.15) is 6.29 Å². The van der Waals surface area contributed by atoms with E-state index in [0.29, 0.717) is 5.56 Å². The lowest BCUT2D eigenvalue weighted by atomic mass is 10.1. The smallest absolute Gasteiger partial charge is 0.150 e. The Labute approximate surface area is 105 Å². The second-order valence-corrected chi connectivity index (χ2v) is 4.13. The molecule has 0 fully saturated rings. The van der Waals surface area contributed by atoms with Crippen LogP contribution in [0, 0.1) is 0 Å². The van der Waals surface area contributed by atoms with E-state index in [0.717, 1.165) is 28.4 Å². The van der Waals surface area contributed by atoms with E-state index in [9.17, 15) is 4.79 Å². The summed E-state index contributed by atoms with van der Waals surface area (Å²) in [6.45, 7) is 0. The Hall–Kier alpha value is -2.48. The van der Waals surface area contributed by atoms with Gasteiger partial charge in [0.2, 0.25) is 0 Å². The highest BCUT2D eigenvalue weighted by Crippen LogP contribution is 2.20. The van der Waals surface area contributed by atoms with E-state index in [1.54, 1.807) is 12.1 Å². The number of pyridine rings is 1. The molecule has 1 aromatic heterocycles. The molecule has 0 aliphatic carbocycles. The number of para-hydroxylation sites is 1. The molecule has 0 N–H and O–H groups in total. The predicted octanol–water partition coefficient (Wildman–Crippen LogP) is 3.71. The standard InChI is InChI=1S/C16H11NO/c18-11-12-5-7-14(8-6-12)16-10-9-13-3-1-2-4-15(13)17-16/h1-11H. The van der Waals surface area contributed by atoms with Crippen LogP contribution in [0.3, 0.4) is 0 Å². The maximum atomic E-state index is 10.6. The molecule has 0 saturated carbocycles. The molecule has 0 amide bonds. The van der Waals surface area contributed by atoms with Gasteiger partial charge in [-0.15, -0.1) is 0 Å². The Morgan fingerprint density at radius 2 is 1.61 bits per heavy atom. The van der Waals surface area contributed by atoms with Crippen molar-refractivity contribution in [3.8, 4) is 11.3 Å². The van der Waals surface area contributed by atoms with Crippen molar-refractivity contribution >= 4 is 17.2 Å². The van der Waals surface area contributed by atoms with Crippen molar-refractivity contribution in [1.82, 2.24) is 4.98 Å². The highest BCUT2D eigenvalue weighted by Gasteiger charge is 2.01. The average molecular weight is 233 g/mol. The summed E-state index contributed by atoms with van der Waals surface area (Å²) in [6, 6.07) is 19.5. The second-order valence-electron chi connectivity index (χ2n) is 4.13. The Kier molecular flexibility index (Phi) is 2.61. The van der Waals surface area contributed by atoms with Crippen LogP contribution in [0.5, 0.6) is 0 Å². The minimum absolute atomic E-state index is 0.680. The van der Waals surface area contributed by atoms with E-state index in [-0.39, 0.29) is 0 Å². The molecule has 0 spiro atoms. The number of carbonyl (C=O) groups is 1. The van der Waals surface area contributed by atoms with Gasteiger partial charge in [-0.2, -0.15) is 0 Å². The summed E-state index contributed by atoms with van der Waals surface area (Å²) in [6.07, 6.45) is 0.845. The van der Waals surface area contributed by atoms with Crippen LogP contribution in [0.15, 0.2) is 60.7 Å². The van der Waals surface area contributed by atoms with Crippen molar-refractivity contribution in [2.45, 2.75) is 0 Å². The van der Waals surface area contributed by atoms with Gasteiger partial charge in [-0.25, -0.2) is 4.98 Å². The summed E-state index contributed by atoms with van der Waals surface area (Å²) >= 11 is 0. The molecule has 3 aromatic rings. The molecule has 0 unspecified atom stereocenters. The molecular formula is C16H11NO. The SMILES string of the molecule is O=Cc1ccc(-c2ccc3ccccc3n2)cc1. The van der Waals surface area contributed by atoms with Crippen LogP contribution < -0.4 is 0 Å². The number of hydrogen-bond acceptors (Lipinski definition) is 2. The Balaban J connectivity index is 2.10. The van der Waals surface area contributed by atoms with Gasteiger partial charge >= 0.3 is 0 Å². The van der Waals surface area contributed by atoms with Gasteiger partial charge < -0.3 is 0 Å². The van der Waals surface area contributed by atoms with Crippen LogP contribution in [0.25, 0.3) is 22.2 Å². The second kappa shape index (κ2) is 4.41. The monoisotopic (exact) mass is 233 g/mol. The molecule has 0 radical (unpaired) electrons. The van der Waals surface area contributed by atoms with E-state index < -0.39 is 0 Å². The van der Waals surface area contributed by atoms with E-state index >= 15 is 0 Å². The first kappa shape index (κ1) is 10.7. The van der Waals surface area contributed by atoms with Gasteiger partial charge in [-0.3, -0.25) is 4.79 Å². The number of fused-ring (bicyclic) bond motifs is 1. The molecule has 0 saturated heterocycles. The summed E-state index contributed by atoms with van der Waals surface area (Å²) in [5.74, 6) is 0. The summed E-state index contributed by atoms with van der Waals surface area (Å²) in [4.78, 5) is 15.2. The number of carbonyl (C=O) groups excluding carboxylic acids is 1. The van der Waals surface area contributed by atoms with Crippen LogP contribution in [0.2, 0.25) is 0 Å². The summed E-state index contributed by atoms with van der Waals surface area (Å²) < 4.78 is 0. The van der Waals surface area contributed by atoms with E-state index in [1.165, 1.54) is 0 Å². The maximum absolute atomic E-state index is 10.6. The summed E-state index contributed by atoms with van der Waals surface area (Å²) in [5.41, 5.74) is 3.60. The lowest BCUT2D eigenvalue weighted by Gasteiger charge is -2.03. The molecule has 18 heavy (non-hydrogen) atoms. The minimum atomic E-state index is 0.680. The van der Waals surface area contributed by atoms with Crippen molar-refractivity contribution in [2.24, 2.45) is 0 Å². The van der Waals surface area contributed by atoms with Crippen molar-refractivity contribution in [3.05, 3.63) is 66.2 Å². The highest BCUT2D eigenvalue weighted by atomic mass is 16.1. The zero-order valence-electron chi connectivity index (χ0n) is 9.71. The Bertz CT molecular complexity index is 702. The van der Waals surface area contributed by atoms with Crippen LogP contribution in [0.1, 0.15) is 10.4 Å².